The van der Waals surface area contributed by atoms with Crippen molar-refractivity contribution in [2.45, 2.75) is 19.6 Å². The molecule has 8 nitrogen and oxygen atoms in total. The van der Waals surface area contributed by atoms with E-state index < -0.39 is 6.10 Å². The summed E-state index contributed by atoms with van der Waals surface area (Å²) in [5, 5.41) is 0.523. The highest BCUT2D eigenvalue weighted by atomic mass is 16.7. The Balaban J connectivity index is 1.71. The van der Waals surface area contributed by atoms with Crippen LogP contribution in [0.4, 0.5) is 0 Å². The molecule has 0 N–H and O–H groups in total. The monoisotopic (exact) mass is 445 g/mol. The highest BCUT2D eigenvalue weighted by Crippen LogP contribution is 2.43. The van der Waals surface area contributed by atoms with Crippen molar-refractivity contribution in [1.29, 1.82) is 0 Å². The van der Waals surface area contributed by atoms with Gasteiger partial charge in [-0.05, 0) is 30.2 Å². The van der Waals surface area contributed by atoms with E-state index in [-0.39, 0.29) is 18.0 Å². The third-order valence-corrected chi connectivity index (χ3v) is 6.58. The molecule has 1 atom stereocenters. The van der Waals surface area contributed by atoms with Gasteiger partial charge in [0.1, 0.15) is 6.10 Å². The minimum Gasteiger partial charge on any atom is -0.454 e. The van der Waals surface area contributed by atoms with E-state index in [0.717, 1.165) is 28.1 Å². The number of hydrogen-bond acceptors (Lipinski definition) is 5. The Hall–Kier alpha value is -3.78. The average Bonchev–Trinajstić information content (AvgIpc) is 3.44. The molecule has 8 heteroatoms. The minimum atomic E-state index is -0.465. The van der Waals surface area contributed by atoms with Crippen molar-refractivity contribution in [1.82, 2.24) is 13.7 Å². The van der Waals surface area contributed by atoms with E-state index >= 15 is 0 Å². The zero-order chi connectivity index (χ0) is 22.9. The van der Waals surface area contributed by atoms with Crippen LogP contribution in [0.1, 0.15) is 22.9 Å². The second kappa shape index (κ2) is 7.11. The molecule has 2 aromatic heterocycles. The zero-order valence-electron chi connectivity index (χ0n) is 18.6. The predicted octanol–water partition coefficient (Wildman–Crippen LogP) is 2.86. The van der Waals surface area contributed by atoms with Crippen LogP contribution in [0.15, 0.2) is 52.1 Å². The number of aryl methyl sites for hydroxylation is 2. The standard InChI is InChI=1S/C25H23N3O5/c1-14-4-6-15(7-5-14)20-19-21(26(2)25(30)27(3)24(19)29)22-23(31-11-10-28(20)22)16-8-9-17-18(12-16)33-13-32-17/h4-9,12,23H,10-11,13H2,1-3H3/t23-/m0/s1. The Morgan fingerprint density at radius 3 is 2.48 bits per heavy atom. The van der Waals surface area contributed by atoms with Gasteiger partial charge in [-0.15, -0.1) is 0 Å². The van der Waals surface area contributed by atoms with E-state index in [2.05, 4.69) is 4.57 Å². The van der Waals surface area contributed by atoms with Gasteiger partial charge in [0.25, 0.3) is 5.56 Å². The highest BCUT2D eigenvalue weighted by Gasteiger charge is 2.33. The van der Waals surface area contributed by atoms with Crippen molar-refractivity contribution in [2.24, 2.45) is 14.1 Å². The summed E-state index contributed by atoms with van der Waals surface area (Å²) in [6.45, 7) is 3.26. The summed E-state index contributed by atoms with van der Waals surface area (Å²) < 4.78 is 22.1. The maximum atomic E-state index is 13.4. The SMILES string of the molecule is Cc1ccc(-c2c3c(=O)n(C)c(=O)n(C)c3c3n2CCO[C@H]3c2ccc3c(c2)OCO3)cc1. The van der Waals surface area contributed by atoms with Gasteiger partial charge in [0.15, 0.2) is 11.5 Å². The molecule has 0 unspecified atom stereocenters. The number of ether oxygens (including phenoxy) is 3. The normalized spacial score (nSPS) is 16.9. The van der Waals surface area contributed by atoms with Crippen LogP contribution in [0.2, 0.25) is 0 Å². The van der Waals surface area contributed by atoms with Gasteiger partial charge in [-0.1, -0.05) is 35.9 Å². The van der Waals surface area contributed by atoms with Gasteiger partial charge in [-0.25, -0.2) is 4.79 Å². The van der Waals surface area contributed by atoms with E-state index in [1.807, 2.05) is 49.4 Å². The Morgan fingerprint density at radius 2 is 1.70 bits per heavy atom. The van der Waals surface area contributed by atoms with Gasteiger partial charge in [-0.2, -0.15) is 0 Å². The number of hydrogen-bond donors (Lipinski definition) is 0. The van der Waals surface area contributed by atoms with Crippen molar-refractivity contribution in [3.05, 3.63) is 80.1 Å². The summed E-state index contributed by atoms with van der Waals surface area (Å²) in [4.78, 5) is 26.4. The number of aromatic nitrogens is 3. The van der Waals surface area contributed by atoms with Gasteiger partial charge in [0.05, 0.1) is 28.9 Å². The van der Waals surface area contributed by atoms with Crippen LogP contribution in [0.5, 0.6) is 11.5 Å². The molecule has 6 rings (SSSR count). The Bertz CT molecular complexity index is 1540. The number of benzene rings is 2. The van der Waals surface area contributed by atoms with Crippen molar-refractivity contribution in [2.75, 3.05) is 13.4 Å². The molecule has 0 saturated heterocycles. The summed E-state index contributed by atoms with van der Waals surface area (Å²) >= 11 is 0. The van der Waals surface area contributed by atoms with E-state index in [9.17, 15) is 9.59 Å². The van der Waals surface area contributed by atoms with Crippen LogP contribution in [-0.4, -0.2) is 27.1 Å². The Labute approximate surface area is 189 Å². The maximum Gasteiger partial charge on any atom is 0.331 e. The van der Waals surface area contributed by atoms with Gasteiger partial charge in [0, 0.05) is 20.6 Å². The first-order chi connectivity index (χ1) is 16.0. The predicted molar refractivity (Wildman–Crippen MR) is 123 cm³/mol. The van der Waals surface area contributed by atoms with Crippen molar-refractivity contribution in [3.63, 3.8) is 0 Å². The van der Waals surface area contributed by atoms with Gasteiger partial charge < -0.3 is 18.8 Å². The van der Waals surface area contributed by atoms with Gasteiger partial charge in [0.2, 0.25) is 6.79 Å². The quantitative estimate of drug-likeness (QED) is 0.474. The molecule has 4 heterocycles. The van der Waals surface area contributed by atoms with E-state index in [4.69, 9.17) is 14.2 Å². The minimum absolute atomic E-state index is 0.186. The van der Waals surface area contributed by atoms with E-state index in [1.54, 1.807) is 11.6 Å². The third-order valence-electron chi connectivity index (χ3n) is 6.58. The number of fused-ring (bicyclic) bond motifs is 4. The molecule has 0 aliphatic carbocycles. The highest BCUT2D eigenvalue weighted by molar-refractivity contribution is 5.96. The van der Waals surface area contributed by atoms with Crippen LogP contribution in [0, 0.1) is 6.92 Å². The molecule has 2 aliphatic rings. The lowest BCUT2D eigenvalue weighted by atomic mass is 10.0. The summed E-state index contributed by atoms with van der Waals surface area (Å²) in [5.74, 6) is 1.35. The smallest absolute Gasteiger partial charge is 0.331 e. The second-order valence-corrected chi connectivity index (χ2v) is 8.54. The molecule has 0 spiro atoms. The fourth-order valence-electron chi connectivity index (χ4n) is 4.92. The molecule has 0 saturated carbocycles. The third kappa shape index (κ3) is 2.80. The van der Waals surface area contributed by atoms with E-state index in [1.165, 1.54) is 11.6 Å². The lowest BCUT2D eigenvalue weighted by molar-refractivity contribution is 0.0477. The fourth-order valence-corrected chi connectivity index (χ4v) is 4.92. The van der Waals surface area contributed by atoms with E-state index in [0.29, 0.717) is 35.6 Å². The second-order valence-electron chi connectivity index (χ2n) is 8.54. The summed E-state index contributed by atoms with van der Waals surface area (Å²) in [6, 6.07) is 13.8. The molecule has 168 valence electrons. The van der Waals surface area contributed by atoms with Gasteiger partial charge >= 0.3 is 5.69 Å². The lowest BCUT2D eigenvalue weighted by Gasteiger charge is -2.28. The van der Waals surface area contributed by atoms with Crippen LogP contribution < -0.4 is 20.7 Å². The molecule has 0 bridgehead atoms. The molecular formula is C25H23N3O5. The zero-order valence-corrected chi connectivity index (χ0v) is 18.6. The largest absolute Gasteiger partial charge is 0.454 e. The van der Waals surface area contributed by atoms with Crippen LogP contribution in [0.25, 0.3) is 22.2 Å². The Kier molecular flexibility index (Phi) is 4.28. The fraction of sp³-hybridized carbons (Fsp3) is 0.280. The number of nitrogens with zero attached hydrogens (tertiary/aromatic N) is 3. The molecular weight excluding hydrogens is 422 g/mol. The Morgan fingerprint density at radius 1 is 0.939 bits per heavy atom. The summed E-state index contributed by atoms with van der Waals surface area (Å²) in [7, 11) is 3.22. The van der Waals surface area contributed by atoms with Crippen molar-refractivity contribution in [3.8, 4) is 22.8 Å². The summed E-state index contributed by atoms with van der Waals surface area (Å²) in [5.41, 5.74) is 4.47. The van der Waals surface area contributed by atoms with Crippen molar-refractivity contribution < 1.29 is 14.2 Å². The molecule has 4 aromatic rings. The molecule has 0 radical (unpaired) electrons. The maximum absolute atomic E-state index is 13.4. The average molecular weight is 445 g/mol. The molecule has 0 fully saturated rings. The lowest BCUT2D eigenvalue weighted by Crippen LogP contribution is -2.37. The van der Waals surface area contributed by atoms with Crippen LogP contribution in [-0.2, 0) is 25.4 Å². The molecule has 2 aromatic carbocycles. The number of rotatable bonds is 2. The van der Waals surface area contributed by atoms with Gasteiger partial charge in [-0.3, -0.25) is 13.9 Å². The van der Waals surface area contributed by atoms with Crippen molar-refractivity contribution >= 4 is 10.9 Å². The first kappa shape index (κ1) is 19.9. The summed E-state index contributed by atoms with van der Waals surface area (Å²) in [6.07, 6.45) is -0.465. The van der Waals surface area contributed by atoms with Crippen LogP contribution >= 0.6 is 0 Å². The van der Waals surface area contributed by atoms with Crippen LogP contribution in [0.3, 0.4) is 0 Å². The first-order valence-electron chi connectivity index (χ1n) is 10.9. The molecule has 0 amide bonds. The molecule has 33 heavy (non-hydrogen) atoms. The topological polar surface area (TPSA) is 76.6 Å². The first-order valence-corrected chi connectivity index (χ1v) is 10.9. The molecule has 2 aliphatic heterocycles.